The Bertz CT molecular complexity index is 1230. The van der Waals surface area contributed by atoms with Crippen LogP contribution in [0.3, 0.4) is 0 Å². The SMILES string of the molecule is COP(OC(=N)c1ccccc1)O[C]12[CH]3[CH]4[CH]5[CH]1[Fe]45321678[CH]2[CH]1[CH]6[CH]7[CH]28. The van der Waals surface area contributed by atoms with Crippen LogP contribution >= 0.6 is 8.60 Å². The molecule has 10 aliphatic heterocycles. The number of fused-ring (bicyclic) bond motifs is 10. The van der Waals surface area contributed by atoms with Gasteiger partial charge in [-0.15, -0.1) is 0 Å². The van der Waals surface area contributed by atoms with Crippen LogP contribution in [0.15, 0.2) is 30.3 Å². The molecule has 0 bridgehead atoms. The van der Waals surface area contributed by atoms with E-state index in [1.807, 2.05) is 30.3 Å². The van der Waals surface area contributed by atoms with E-state index in [4.69, 9.17) is 19.0 Å². The first-order chi connectivity index (χ1) is 11.5. The van der Waals surface area contributed by atoms with Crippen molar-refractivity contribution in [3.63, 3.8) is 0 Å². The standard InChI is InChI=1S/C13H13NO3P.C5H5.Fe/c1-15-18(16-12-9-5-6-10-12)17-13(14)11-7-3-2-4-8-11;1-2-4-5-3-1;/h2-10,14H,1H3;1-5H;. The van der Waals surface area contributed by atoms with Gasteiger partial charge in [-0.05, 0) is 0 Å². The van der Waals surface area contributed by atoms with Gasteiger partial charge in [-0.3, -0.25) is 0 Å². The van der Waals surface area contributed by atoms with Crippen molar-refractivity contribution in [2.75, 3.05) is 7.11 Å². The van der Waals surface area contributed by atoms with E-state index in [1.54, 1.807) is 7.11 Å². The van der Waals surface area contributed by atoms with Crippen LogP contribution < -0.4 is 0 Å². The summed E-state index contributed by atoms with van der Waals surface area (Å²) >= 11 is 0. The predicted molar refractivity (Wildman–Crippen MR) is 85.9 cm³/mol. The molecule has 5 atom stereocenters. The molecule has 11 rings (SSSR count). The fourth-order valence-electron chi connectivity index (χ4n) is 17.1. The third-order valence-electron chi connectivity index (χ3n) is 16.1. The van der Waals surface area contributed by atoms with Crippen molar-refractivity contribution in [2.45, 2.75) is 47.8 Å². The Morgan fingerprint density at radius 3 is 2.00 bits per heavy atom. The van der Waals surface area contributed by atoms with E-state index in [0.717, 1.165) is 15.2 Å². The summed E-state index contributed by atoms with van der Waals surface area (Å²) in [5.74, 6) is 0.190. The Morgan fingerprint density at radius 1 is 1.00 bits per heavy atom. The fraction of sp³-hybridized carbons (Fsp3) is 0.611. The van der Waals surface area contributed by atoms with Crippen molar-refractivity contribution in [1.29, 1.82) is 5.41 Å². The number of hydrogen-bond donors (Lipinski definition) is 1. The van der Waals surface area contributed by atoms with Crippen LogP contribution in [0.2, 0.25) is 43.3 Å². The van der Waals surface area contributed by atoms with E-state index in [9.17, 15) is 0 Å². The normalized spacial score (nSPS) is 88.8. The van der Waals surface area contributed by atoms with Gasteiger partial charge < -0.3 is 0 Å². The monoisotopic (exact) mass is 383 g/mol. The quantitative estimate of drug-likeness (QED) is 0.329. The van der Waals surface area contributed by atoms with Crippen LogP contribution in [-0.2, 0) is 20.1 Å². The van der Waals surface area contributed by atoms with Gasteiger partial charge in [0.2, 0.25) is 0 Å². The van der Waals surface area contributed by atoms with Crippen molar-refractivity contribution >= 4 is 14.5 Å². The summed E-state index contributed by atoms with van der Waals surface area (Å²) in [4.78, 5) is 10.8. The average molecular weight is 383 g/mol. The molecule has 4 nitrogen and oxygen atoms in total. The van der Waals surface area contributed by atoms with Crippen LogP contribution in [0.1, 0.15) is 5.56 Å². The average Bonchev–Trinajstić information content (AvgIpc) is 3.55. The number of nitrogens with one attached hydrogen (secondary N) is 1. The van der Waals surface area contributed by atoms with Crippen LogP contribution in [0.25, 0.3) is 0 Å². The van der Waals surface area contributed by atoms with Crippen molar-refractivity contribution < 1.29 is 20.1 Å². The second kappa shape index (κ2) is 1.17. The molecule has 1 aromatic carbocycles. The van der Waals surface area contributed by atoms with Crippen molar-refractivity contribution in [2.24, 2.45) is 0 Å². The van der Waals surface area contributed by atoms with Gasteiger partial charge in [-0.2, -0.15) is 0 Å². The molecule has 1 spiro atoms. The number of hydrogen-bond acceptors (Lipinski definition) is 4. The molecule has 5 unspecified atom stereocenters. The summed E-state index contributed by atoms with van der Waals surface area (Å²) in [6, 6.07) is 9.66. The third-order valence-corrected chi connectivity index (χ3v) is 59.2. The molecule has 0 saturated carbocycles. The zero-order valence-electron chi connectivity index (χ0n) is 13.1. The minimum atomic E-state index is -3.24. The van der Waals surface area contributed by atoms with Gasteiger partial charge in [0.1, 0.15) is 0 Å². The zero-order chi connectivity index (χ0) is 15.4. The fourth-order valence-corrected chi connectivity index (χ4v) is 91.9. The number of rotatable bonds is 5. The number of benzene rings is 1. The molecule has 24 heavy (non-hydrogen) atoms. The first kappa shape index (κ1) is 10.6. The van der Waals surface area contributed by atoms with E-state index in [0.29, 0.717) is 4.50 Å². The summed E-state index contributed by atoms with van der Waals surface area (Å²) in [5, 5.41) is 8.27. The first-order valence-corrected chi connectivity index (χ1v) is 16.4. The van der Waals surface area contributed by atoms with Crippen LogP contribution in [0.5, 0.6) is 0 Å². The van der Waals surface area contributed by atoms with E-state index >= 15 is 0 Å². The van der Waals surface area contributed by atoms with Gasteiger partial charge in [0.05, 0.1) is 0 Å². The van der Waals surface area contributed by atoms with Crippen LogP contribution in [0, 0.1) is 5.41 Å². The Labute approximate surface area is 131 Å². The van der Waals surface area contributed by atoms with Gasteiger partial charge in [-0.25, -0.2) is 0 Å². The molecule has 126 valence electrons. The molecule has 0 amide bonds. The van der Waals surface area contributed by atoms with Crippen molar-refractivity contribution in [3.05, 3.63) is 35.9 Å². The maximum atomic E-state index is 8.27. The van der Waals surface area contributed by atoms with Crippen molar-refractivity contribution in [1.82, 2.24) is 0 Å². The van der Waals surface area contributed by atoms with E-state index in [2.05, 4.69) is 0 Å². The Kier molecular flexibility index (Phi) is 0.520. The molecular weight excluding hydrogens is 365 g/mol. The summed E-state index contributed by atoms with van der Waals surface area (Å²) in [7, 11) is 0.272. The molecule has 1 aromatic rings. The predicted octanol–water partition coefficient (Wildman–Crippen LogP) is 5.22. The molecule has 0 aliphatic carbocycles. The van der Waals surface area contributed by atoms with Crippen molar-refractivity contribution in [3.8, 4) is 0 Å². The van der Waals surface area contributed by atoms with Crippen LogP contribution in [0.4, 0.5) is 0 Å². The van der Waals surface area contributed by atoms with E-state index in [-0.39, 0.29) is 5.90 Å². The molecule has 0 radical (unpaired) electrons. The second-order valence-electron chi connectivity index (χ2n) is 11.9. The molecule has 10 aliphatic rings. The molecule has 1 N–H and O–H groups in total. The van der Waals surface area contributed by atoms with Gasteiger partial charge in [-0.1, -0.05) is 0 Å². The van der Waals surface area contributed by atoms with Gasteiger partial charge in [0.15, 0.2) is 0 Å². The van der Waals surface area contributed by atoms with Gasteiger partial charge >= 0.3 is 131 Å². The second-order valence-corrected chi connectivity index (χ2v) is 36.6. The van der Waals surface area contributed by atoms with E-state index < -0.39 is 15.1 Å². The zero-order valence-corrected chi connectivity index (χ0v) is 15.1. The molecular formula is C18H18FeNO3P. The summed E-state index contributed by atoms with van der Waals surface area (Å²) in [6.07, 6.45) is 0. The van der Waals surface area contributed by atoms with Crippen LogP contribution in [-0.4, -0.2) is 17.5 Å². The Hall–Kier alpha value is -0.441. The molecule has 10 saturated heterocycles. The summed E-state index contributed by atoms with van der Waals surface area (Å²) in [6.45, 7) is -3.24. The maximum absolute atomic E-state index is 8.27. The van der Waals surface area contributed by atoms with Gasteiger partial charge in [0, 0.05) is 0 Å². The Balaban J connectivity index is 1.04. The Morgan fingerprint density at radius 2 is 1.58 bits per heavy atom. The molecule has 10 fully saturated rings. The van der Waals surface area contributed by atoms with Gasteiger partial charge in [0.25, 0.3) is 0 Å². The minimum absolute atomic E-state index is 0.190. The molecule has 6 heteroatoms. The summed E-state index contributed by atoms with van der Waals surface area (Å²) in [5.41, 5.74) is 0.802. The molecule has 10 heterocycles. The summed E-state index contributed by atoms with van der Waals surface area (Å²) < 4.78 is 18.7. The first-order valence-electron chi connectivity index (χ1n) is 9.03. The van der Waals surface area contributed by atoms with E-state index in [1.165, 1.54) is 33.7 Å². The molecule has 0 aromatic heterocycles. The topological polar surface area (TPSA) is 51.5 Å². The third kappa shape index (κ3) is 0.164.